The van der Waals surface area contributed by atoms with Gasteiger partial charge in [0.2, 0.25) is 16.0 Å². The highest BCUT2D eigenvalue weighted by atomic mass is 35.5. The molecule has 0 aromatic heterocycles. The minimum Gasteiger partial charge on any atom is -0.497 e. The molecule has 0 bridgehead atoms. The van der Waals surface area contributed by atoms with Crippen molar-refractivity contribution in [1.82, 2.24) is 10.3 Å². The number of benzene rings is 3. The highest BCUT2D eigenvalue weighted by molar-refractivity contribution is 7.90. The average Bonchev–Trinajstić information content (AvgIpc) is 3.38. The third-order valence-corrected chi connectivity index (χ3v) is 8.95. The largest absolute Gasteiger partial charge is 0.497 e. The molecule has 3 aromatic rings. The summed E-state index contributed by atoms with van der Waals surface area (Å²) in [6, 6.07) is 22.0. The zero-order valence-electron chi connectivity index (χ0n) is 22.8. The first-order chi connectivity index (χ1) is 19.4. The lowest BCUT2D eigenvalue weighted by Crippen LogP contribution is -2.49. The van der Waals surface area contributed by atoms with E-state index in [2.05, 4.69) is 9.71 Å². The van der Waals surface area contributed by atoms with E-state index in [1.165, 1.54) is 29.3 Å². The number of hydrogen-bond acceptors (Lipinski definition) is 6. The SMILES string of the molecule is COc1ccc(C2=NN(/C(=N/S(=O)(=O)c3ccc(Cl)cc3)NC(CS(N)(=O)=O)C(C)C)C[C@@H]2c2ccccc2)cc1. The lowest BCUT2D eigenvalue weighted by Gasteiger charge is -2.27. The Morgan fingerprint density at radius 3 is 2.24 bits per heavy atom. The smallest absolute Gasteiger partial charge is 0.285 e. The van der Waals surface area contributed by atoms with Crippen molar-refractivity contribution < 1.29 is 21.6 Å². The third kappa shape index (κ3) is 7.85. The lowest BCUT2D eigenvalue weighted by molar-refractivity contribution is 0.414. The Labute approximate surface area is 246 Å². The van der Waals surface area contributed by atoms with Gasteiger partial charge in [0.15, 0.2) is 0 Å². The van der Waals surface area contributed by atoms with E-state index in [0.717, 1.165) is 11.1 Å². The van der Waals surface area contributed by atoms with Crippen LogP contribution in [-0.4, -0.2) is 59.0 Å². The van der Waals surface area contributed by atoms with E-state index in [4.69, 9.17) is 26.6 Å². The Bertz CT molecular complexity index is 1630. The van der Waals surface area contributed by atoms with Crippen molar-refractivity contribution in [2.24, 2.45) is 20.6 Å². The molecule has 0 spiro atoms. The van der Waals surface area contributed by atoms with Gasteiger partial charge in [0.05, 0.1) is 30.0 Å². The summed E-state index contributed by atoms with van der Waals surface area (Å²) in [6.07, 6.45) is 0. The molecule has 3 N–H and O–H groups in total. The molecule has 1 aliphatic heterocycles. The number of guanidine groups is 1. The Morgan fingerprint density at radius 1 is 1.05 bits per heavy atom. The summed E-state index contributed by atoms with van der Waals surface area (Å²) in [5.41, 5.74) is 2.46. The predicted molar refractivity (Wildman–Crippen MR) is 161 cm³/mol. The number of nitrogens with two attached hydrogens (primary N) is 1. The van der Waals surface area contributed by atoms with Crippen molar-refractivity contribution in [1.29, 1.82) is 0 Å². The van der Waals surface area contributed by atoms with E-state index in [1.54, 1.807) is 21.0 Å². The number of rotatable bonds is 9. The van der Waals surface area contributed by atoms with E-state index in [1.807, 2.05) is 54.6 Å². The fourth-order valence-electron chi connectivity index (χ4n) is 4.34. The zero-order chi connectivity index (χ0) is 29.8. The van der Waals surface area contributed by atoms with Gasteiger partial charge < -0.3 is 10.1 Å². The van der Waals surface area contributed by atoms with Gasteiger partial charge in [-0.15, -0.1) is 4.40 Å². The van der Waals surface area contributed by atoms with Gasteiger partial charge in [-0.1, -0.05) is 55.8 Å². The maximum absolute atomic E-state index is 13.4. The molecule has 0 aliphatic carbocycles. The molecule has 10 nitrogen and oxygen atoms in total. The van der Waals surface area contributed by atoms with Crippen LogP contribution in [0.25, 0.3) is 0 Å². The molecular weight excluding hydrogens is 586 g/mol. The highest BCUT2D eigenvalue weighted by Gasteiger charge is 2.34. The number of sulfonamides is 2. The van der Waals surface area contributed by atoms with Crippen LogP contribution in [0.1, 0.15) is 30.9 Å². The third-order valence-electron chi connectivity index (χ3n) is 6.60. The maximum atomic E-state index is 13.4. The number of nitrogens with zero attached hydrogens (tertiary/aromatic N) is 3. The topological polar surface area (TPSA) is 144 Å². The van der Waals surface area contributed by atoms with Crippen LogP contribution in [0.5, 0.6) is 5.75 Å². The molecule has 0 saturated carbocycles. The van der Waals surface area contributed by atoms with Crippen molar-refractivity contribution >= 4 is 43.3 Å². The Hall–Kier alpha value is -3.45. The van der Waals surface area contributed by atoms with Gasteiger partial charge in [-0.2, -0.15) is 13.5 Å². The van der Waals surface area contributed by atoms with Crippen LogP contribution in [0.4, 0.5) is 0 Å². The van der Waals surface area contributed by atoms with E-state index < -0.39 is 31.8 Å². The van der Waals surface area contributed by atoms with Crippen molar-refractivity contribution in [2.45, 2.75) is 30.7 Å². The second-order valence-electron chi connectivity index (χ2n) is 9.93. The van der Waals surface area contributed by atoms with Gasteiger partial charge in [0.1, 0.15) is 5.75 Å². The number of hydrazone groups is 1. The summed E-state index contributed by atoms with van der Waals surface area (Å²) >= 11 is 5.96. The first kappa shape index (κ1) is 30.5. The van der Waals surface area contributed by atoms with E-state index in [-0.39, 0.29) is 29.2 Å². The average molecular weight is 618 g/mol. The van der Waals surface area contributed by atoms with Crippen LogP contribution < -0.4 is 15.2 Å². The van der Waals surface area contributed by atoms with E-state index in [9.17, 15) is 16.8 Å². The second-order valence-corrected chi connectivity index (χ2v) is 13.6. The quantitative estimate of drug-likeness (QED) is 0.275. The molecule has 13 heteroatoms. The van der Waals surface area contributed by atoms with Gasteiger partial charge in [-0.3, -0.25) is 0 Å². The number of ether oxygens (including phenoxy) is 1. The van der Waals surface area contributed by atoms with Gasteiger partial charge >= 0.3 is 0 Å². The summed E-state index contributed by atoms with van der Waals surface area (Å²) in [6.45, 7) is 3.85. The fraction of sp³-hybridized carbons (Fsp3) is 0.286. The maximum Gasteiger partial charge on any atom is 0.285 e. The molecule has 0 amide bonds. The van der Waals surface area contributed by atoms with E-state index in [0.29, 0.717) is 16.5 Å². The molecule has 41 heavy (non-hydrogen) atoms. The molecule has 218 valence electrons. The van der Waals surface area contributed by atoms with Crippen molar-refractivity contribution in [3.8, 4) is 5.75 Å². The summed E-state index contributed by atoms with van der Waals surface area (Å²) in [5, 5.41) is 15.1. The minimum atomic E-state index is -4.24. The fourth-order valence-corrected chi connectivity index (χ4v) is 6.40. The Kier molecular flexibility index (Phi) is 9.37. The van der Waals surface area contributed by atoms with Crippen molar-refractivity contribution in [2.75, 3.05) is 19.4 Å². The second kappa shape index (κ2) is 12.6. The molecule has 3 aromatic carbocycles. The summed E-state index contributed by atoms with van der Waals surface area (Å²) in [5.74, 6) is -0.358. The van der Waals surface area contributed by atoms with Gasteiger partial charge in [-0.25, -0.2) is 18.6 Å². The number of nitrogens with one attached hydrogen (secondary N) is 1. The van der Waals surface area contributed by atoms with Crippen LogP contribution in [0.3, 0.4) is 0 Å². The van der Waals surface area contributed by atoms with Crippen LogP contribution >= 0.6 is 11.6 Å². The molecule has 2 atom stereocenters. The molecule has 0 saturated heterocycles. The monoisotopic (exact) mass is 617 g/mol. The van der Waals surface area contributed by atoms with Crippen LogP contribution in [0.15, 0.2) is 93.3 Å². The van der Waals surface area contributed by atoms with Crippen molar-refractivity contribution in [3.05, 3.63) is 95.0 Å². The van der Waals surface area contributed by atoms with Crippen LogP contribution in [-0.2, 0) is 20.0 Å². The van der Waals surface area contributed by atoms with E-state index >= 15 is 0 Å². The summed E-state index contributed by atoms with van der Waals surface area (Å²) in [7, 11) is -6.56. The zero-order valence-corrected chi connectivity index (χ0v) is 25.2. The molecular formula is C28H32ClN5O5S2. The number of halogens is 1. The Balaban J connectivity index is 1.83. The molecule has 1 unspecified atom stereocenters. The number of methoxy groups -OCH3 is 1. The first-order valence-electron chi connectivity index (χ1n) is 12.8. The number of primary sulfonamides is 1. The van der Waals surface area contributed by atoms with Crippen molar-refractivity contribution in [3.63, 3.8) is 0 Å². The van der Waals surface area contributed by atoms with Crippen LogP contribution in [0, 0.1) is 5.92 Å². The van der Waals surface area contributed by atoms with Gasteiger partial charge in [0.25, 0.3) is 10.0 Å². The van der Waals surface area contributed by atoms with Gasteiger partial charge in [0, 0.05) is 17.0 Å². The molecule has 1 aliphatic rings. The summed E-state index contributed by atoms with van der Waals surface area (Å²) < 4.78 is 60.3. The molecule has 0 fully saturated rings. The first-order valence-corrected chi connectivity index (χ1v) is 16.3. The standard InChI is InChI=1S/C28H32ClN5O5S2/c1-19(2)26(18-40(30,35)36)31-28(33-41(37,38)24-15-11-22(29)12-16-24)34-17-25(20-7-5-4-6-8-20)27(32-34)21-9-13-23(39-3)14-10-21/h4-16,19,25-26H,17-18H2,1-3H3,(H,31,33)(H2,30,35,36)/t25-,26?/m1/s1. The normalized spacial score (nSPS) is 16.9. The Morgan fingerprint density at radius 2 is 1.68 bits per heavy atom. The molecule has 1 heterocycles. The minimum absolute atomic E-state index is 0.0769. The molecule has 0 radical (unpaired) electrons. The number of hydrogen-bond donors (Lipinski definition) is 2. The lowest BCUT2D eigenvalue weighted by atomic mass is 9.90. The predicted octanol–water partition coefficient (Wildman–Crippen LogP) is 3.80. The van der Waals surface area contributed by atoms with Gasteiger partial charge in [-0.05, 0) is 65.6 Å². The summed E-state index contributed by atoms with van der Waals surface area (Å²) in [4.78, 5) is -0.0769. The highest BCUT2D eigenvalue weighted by Crippen LogP contribution is 2.30. The van der Waals surface area contributed by atoms with Crippen LogP contribution in [0.2, 0.25) is 5.02 Å². The molecule has 4 rings (SSSR count).